The lowest BCUT2D eigenvalue weighted by molar-refractivity contribution is 0.692. The third-order valence-corrected chi connectivity index (χ3v) is 7.78. The van der Waals surface area contributed by atoms with E-state index in [-0.39, 0.29) is 5.37 Å². The van der Waals surface area contributed by atoms with E-state index in [1.54, 1.807) is 22.9 Å². The van der Waals surface area contributed by atoms with E-state index in [2.05, 4.69) is 23.7 Å². The molecular formula is C20H23N5S2. The standard InChI is InChI=1S/C20H23N5S2/c1-3-5-9-14-12-7-6-8-13(12)15-16-17(27-19(15)22-14)18-23-24-20(26-10-4-2)25(18)11-21-16/h4,11,15,19H,2-3,5-10H2,1H3/t15-,19-/m0/s1. The van der Waals surface area contributed by atoms with Gasteiger partial charge >= 0.3 is 0 Å². The molecule has 5 rings (SSSR count). The Balaban J connectivity index is 1.56. The van der Waals surface area contributed by atoms with Gasteiger partial charge < -0.3 is 0 Å². The second-order valence-corrected chi connectivity index (χ2v) is 9.37. The zero-order valence-electron chi connectivity index (χ0n) is 15.5. The molecule has 0 radical (unpaired) electrons. The fraction of sp³-hybridized carbons (Fsp3) is 0.500. The summed E-state index contributed by atoms with van der Waals surface area (Å²) in [5, 5.41) is 9.97. The van der Waals surface area contributed by atoms with E-state index >= 15 is 0 Å². The molecular weight excluding hydrogens is 374 g/mol. The summed E-state index contributed by atoms with van der Waals surface area (Å²) in [5.74, 6) is 1.15. The van der Waals surface area contributed by atoms with Crippen LogP contribution in [0.3, 0.4) is 0 Å². The van der Waals surface area contributed by atoms with Gasteiger partial charge in [-0.3, -0.25) is 9.39 Å². The molecule has 0 spiro atoms. The summed E-state index contributed by atoms with van der Waals surface area (Å²) in [5.41, 5.74) is 6.60. The van der Waals surface area contributed by atoms with E-state index in [1.165, 1.54) is 42.7 Å². The quantitative estimate of drug-likeness (QED) is 0.505. The van der Waals surface area contributed by atoms with Crippen molar-refractivity contribution in [2.45, 2.75) is 66.8 Å². The number of allylic oxidation sites excluding steroid dienone is 1. The minimum absolute atomic E-state index is 0.225. The number of nitrogens with zero attached hydrogens (tertiary/aromatic N) is 5. The van der Waals surface area contributed by atoms with Crippen molar-refractivity contribution in [1.82, 2.24) is 19.6 Å². The van der Waals surface area contributed by atoms with E-state index < -0.39 is 0 Å². The van der Waals surface area contributed by atoms with Crippen LogP contribution in [0.4, 0.5) is 0 Å². The monoisotopic (exact) mass is 397 g/mol. The summed E-state index contributed by atoms with van der Waals surface area (Å²) in [6.07, 6.45) is 11.0. The van der Waals surface area contributed by atoms with E-state index in [9.17, 15) is 0 Å². The van der Waals surface area contributed by atoms with Crippen LogP contribution in [0.1, 0.15) is 57.1 Å². The molecule has 7 heteroatoms. The Morgan fingerprint density at radius 2 is 2.30 bits per heavy atom. The minimum Gasteiger partial charge on any atom is -0.274 e. The van der Waals surface area contributed by atoms with Gasteiger partial charge in [0, 0.05) is 11.5 Å². The highest BCUT2D eigenvalue weighted by Gasteiger charge is 2.44. The molecule has 0 amide bonds. The lowest BCUT2D eigenvalue weighted by atomic mass is 9.87. The number of rotatable bonds is 6. The first kappa shape index (κ1) is 17.5. The van der Waals surface area contributed by atoms with E-state index in [1.807, 2.05) is 28.6 Å². The number of dihydropyridines is 1. The number of unbranched alkanes of at least 4 members (excludes halogenated alkanes) is 1. The van der Waals surface area contributed by atoms with Gasteiger partial charge in [-0.2, -0.15) is 0 Å². The number of hydrogen-bond acceptors (Lipinski definition) is 6. The molecule has 1 aliphatic carbocycles. The lowest BCUT2D eigenvalue weighted by Gasteiger charge is -2.26. The summed E-state index contributed by atoms with van der Waals surface area (Å²) in [6.45, 7) is 6.04. The zero-order chi connectivity index (χ0) is 18.4. The first-order chi connectivity index (χ1) is 13.3. The maximum Gasteiger partial charge on any atom is 0.197 e. The van der Waals surface area contributed by atoms with Crippen molar-refractivity contribution in [3.8, 4) is 0 Å². The summed E-state index contributed by atoms with van der Waals surface area (Å²) < 4.78 is 2.02. The Bertz CT molecular complexity index is 974. The second-order valence-electron chi connectivity index (χ2n) is 7.26. The van der Waals surface area contributed by atoms with Crippen LogP contribution in [0.15, 0.2) is 45.2 Å². The highest BCUT2D eigenvalue weighted by molar-refractivity contribution is 8.00. The van der Waals surface area contributed by atoms with Gasteiger partial charge in [0.1, 0.15) is 11.7 Å². The Morgan fingerprint density at radius 3 is 3.15 bits per heavy atom. The maximum absolute atomic E-state index is 5.21. The van der Waals surface area contributed by atoms with Crippen molar-refractivity contribution >= 4 is 34.9 Å². The van der Waals surface area contributed by atoms with Crippen LogP contribution in [0, 0.1) is 0 Å². The molecule has 0 unspecified atom stereocenters. The highest BCUT2D eigenvalue weighted by atomic mass is 32.2. The van der Waals surface area contributed by atoms with Crippen molar-refractivity contribution in [2.75, 3.05) is 5.75 Å². The molecule has 4 heterocycles. The molecule has 2 aliphatic heterocycles. The molecule has 3 aliphatic rings. The molecule has 27 heavy (non-hydrogen) atoms. The molecule has 2 aromatic rings. The molecule has 5 nitrogen and oxygen atoms in total. The second kappa shape index (κ2) is 7.09. The fourth-order valence-electron chi connectivity index (χ4n) is 4.39. The van der Waals surface area contributed by atoms with Crippen LogP contribution < -0.4 is 0 Å². The van der Waals surface area contributed by atoms with Crippen LogP contribution in [0.25, 0.3) is 5.65 Å². The summed E-state index contributed by atoms with van der Waals surface area (Å²) in [4.78, 5) is 11.3. The normalized spacial score (nSPS) is 23.4. The van der Waals surface area contributed by atoms with Gasteiger partial charge in [0.2, 0.25) is 0 Å². The van der Waals surface area contributed by atoms with Crippen LogP contribution in [0.2, 0.25) is 0 Å². The van der Waals surface area contributed by atoms with Gasteiger partial charge in [0.05, 0.1) is 16.5 Å². The molecule has 0 fully saturated rings. The highest BCUT2D eigenvalue weighted by Crippen LogP contribution is 2.55. The van der Waals surface area contributed by atoms with Gasteiger partial charge in [-0.25, -0.2) is 4.98 Å². The predicted octanol–water partition coefficient (Wildman–Crippen LogP) is 5.04. The Kier molecular flexibility index (Phi) is 4.60. The van der Waals surface area contributed by atoms with E-state index in [0.29, 0.717) is 5.92 Å². The Morgan fingerprint density at radius 1 is 1.37 bits per heavy atom. The molecule has 2 aromatic heterocycles. The van der Waals surface area contributed by atoms with Crippen LogP contribution in [0.5, 0.6) is 0 Å². The molecule has 140 valence electrons. The number of fused-ring (bicyclic) bond motifs is 6. The van der Waals surface area contributed by atoms with Crippen molar-refractivity contribution < 1.29 is 0 Å². The predicted molar refractivity (Wildman–Crippen MR) is 112 cm³/mol. The number of aliphatic imine (C=N–C) groups is 1. The summed E-state index contributed by atoms with van der Waals surface area (Å²) in [7, 11) is 0. The first-order valence-electron chi connectivity index (χ1n) is 9.74. The van der Waals surface area contributed by atoms with E-state index in [4.69, 9.17) is 9.98 Å². The summed E-state index contributed by atoms with van der Waals surface area (Å²) in [6, 6.07) is 0. The van der Waals surface area contributed by atoms with Crippen LogP contribution >= 0.6 is 23.5 Å². The van der Waals surface area contributed by atoms with Gasteiger partial charge in [-0.1, -0.05) is 48.5 Å². The van der Waals surface area contributed by atoms with Crippen molar-refractivity contribution in [3.63, 3.8) is 0 Å². The zero-order valence-corrected chi connectivity index (χ0v) is 17.2. The average molecular weight is 398 g/mol. The topological polar surface area (TPSA) is 55.4 Å². The van der Waals surface area contributed by atoms with Gasteiger partial charge in [-0.15, -0.1) is 16.8 Å². The molecule has 0 saturated heterocycles. The largest absolute Gasteiger partial charge is 0.274 e. The average Bonchev–Trinajstić information content (AvgIpc) is 3.39. The lowest BCUT2D eigenvalue weighted by Crippen LogP contribution is -2.21. The number of aromatic nitrogens is 4. The maximum atomic E-state index is 5.21. The SMILES string of the molecule is C=CCSc1nnc2c3c(ncn12)[C@@H]1C2=C(CCC2)C(CCCC)=N[C@H]1S3. The molecule has 0 aromatic carbocycles. The molecule has 0 N–H and O–H groups in total. The van der Waals surface area contributed by atoms with Gasteiger partial charge in [0.25, 0.3) is 0 Å². The smallest absolute Gasteiger partial charge is 0.197 e. The van der Waals surface area contributed by atoms with Crippen molar-refractivity contribution in [1.29, 1.82) is 0 Å². The molecule has 0 bridgehead atoms. The van der Waals surface area contributed by atoms with Crippen LogP contribution in [-0.2, 0) is 0 Å². The molecule has 0 saturated carbocycles. The first-order valence-corrected chi connectivity index (χ1v) is 11.6. The van der Waals surface area contributed by atoms with E-state index in [0.717, 1.165) is 28.7 Å². The fourth-order valence-corrected chi connectivity index (χ4v) is 6.42. The third kappa shape index (κ3) is 2.78. The van der Waals surface area contributed by atoms with Crippen molar-refractivity contribution in [3.05, 3.63) is 35.8 Å². The van der Waals surface area contributed by atoms with Crippen molar-refractivity contribution in [2.24, 2.45) is 4.99 Å². The number of thioether (sulfide) groups is 2. The number of hydrogen-bond donors (Lipinski definition) is 0. The summed E-state index contributed by atoms with van der Waals surface area (Å²) >= 11 is 3.47. The Hall–Kier alpha value is -1.60. The third-order valence-electron chi connectivity index (χ3n) is 5.60. The van der Waals surface area contributed by atoms with Gasteiger partial charge in [0.15, 0.2) is 10.8 Å². The molecule has 2 atom stereocenters. The van der Waals surface area contributed by atoms with Gasteiger partial charge in [-0.05, 0) is 37.7 Å². The van der Waals surface area contributed by atoms with Crippen LogP contribution in [-0.4, -0.2) is 36.4 Å². The minimum atomic E-state index is 0.225. The Labute approximate surface area is 167 Å².